The Balaban J connectivity index is 1.84. The van der Waals surface area contributed by atoms with Crippen molar-refractivity contribution < 1.29 is 9.53 Å². The third-order valence-corrected chi connectivity index (χ3v) is 4.88. The number of rotatable bonds is 6. The Morgan fingerprint density at radius 2 is 2.40 bits per heavy atom. The number of ether oxygens (including phenoxy) is 1. The van der Waals surface area contributed by atoms with Crippen molar-refractivity contribution in [1.29, 1.82) is 5.26 Å². The van der Waals surface area contributed by atoms with Crippen molar-refractivity contribution in [1.82, 2.24) is 9.97 Å². The van der Waals surface area contributed by atoms with Gasteiger partial charge in [0.2, 0.25) is 0 Å². The van der Waals surface area contributed by atoms with Crippen LogP contribution in [0.15, 0.2) is 18.5 Å². The highest BCUT2D eigenvalue weighted by molar-refractivity contribution is 6.04. The van der Waals surface area contributed by atoms with Gasteiger partial charge in [-0.1, -0.05) is 12.8 Å². The molecule has 1 aliphatic carbocycles. The lowest BCUT2D eigenvalue weighted by Crippen LogP contribution is -2.28. The van der Waals surface area contributed by atoms with Crippen molar-refractivity contribution in [2.45, 2.75) is 51.5 Å². The van der Waals surface area contributed by atoms with Gasteiger partial charge in [-0.3, -0.25) is 0 Å². The van der Waals surface area contributed by atoms with Crippen molar-refractivity contribution >= 4 is 22.7 Å². The fraction of sp³-hybridized carbons (Fsp3) is 0.526. The van der Waals surface area contributed by atoms with Gasteiger partial charge in [0.1, 0.15) is 11.2 Å². The molecule has 0 bridgehead atoms. The smallest absolute Gasteiger partial charge is 0.341 e. The first kappa shape index (κ1) is 17.3. The van der Waals surface area contributed by atoms with Crippen LogP contribution in [0.2, 0.25) is 0 Å². The molecule has 2 heterocycles. The van der Waals surface area contributed by atoms with E-state index in [1.165, 1.54) is 6.42 Å². The normalized spacial score (nSPS) is 20.2. The first-order valence-corrected chi connectivity index (χ1v) is 8.99. The summed E-state index contributed by atoms with van der Waals surface area (Å²) in [6.45, 7) is 2.14. The Morgan fingerprint density at radius 3 is 3.20 bits per heavy atom. The summed E-state index contributed by atoms with van der Waals surface area (Å²) in [5, 5.41) is 13.3. The minimum Gasteiger partial charge on any atom is -0.462 e. The molecule has 6 heteroatoms. The maximum Gasteiger partial charge on any atom is 0.341 e. The molecule has 6 nitrogen and oxygen atoms in total. The van der Waals surface area contributed by atoms with Gasteiger partial charge in [-0.15, -0.1) is 0 Å². The summed E-state index contributed by atoms with van der Waals surface area (Å²) in [5.41, 5.74) is 2.04. The maximum atomic E-state index is 12.3. The summed E-state index contributed by atoms with van der Waals surface area (Å²) in [6, 6.07) is 4.48. The number of esters is 1. The number of anilines is 1. The second kappa shape index (κ2) is 8.02. The lowest BCUT2D eigenvalue weighted by molar-refractivity contribution is 0.0527. The number of H-pyrrole nitrogens is 1. The van der Waals surface area contributed by atoms with Gasteiger partial charge >= 0.3 is 5.97 Å². The summed E-state index contributed by atoms with van der Waals surface area (Å²) < 4.78 is 5.19. The highest BCUT2D eigenvalue weighted by Gasteiger charge is 2.25. The van der Waals surface area contributed by atoms with Crippen molar-refractivity contribution in [2.24, 2.45) is 5.92 Å². The zero-order chi connectivity index (χ0) is 17.6. The molecule has 0 radical (unpaired) electrons. The summed E-state index contributed by atoms with van der Waals surface area (Å²) in [7, 11) is 0. The molecule has 25 heavy (non-hydrogen) atoms. The van der Waals surface area contributed by atoms with Gasteiger partial charge < -0.3 is 15.0 Å². The number of aromatic nitrogens is 2. The van der Waals surface area contributed by atoms with Crippen LogP contribution in [0.25, 0.3) is 11.0 Å². The van der Waals surface area contributed by atoms with Crippen LogP contribution in [-0.4, -0.2) is 28.6 Å². The largest absolute Gasteiger partial charge is 0.462 e. The van der Waals surface area contributed by atoms with E-state index in [2.05, 4.69) is 21.4 Å². The Morgan fingerprint density at radius 1 is 1.52 bits per heavy atom. The van der Waals surface area contributed by atoms with Crippen molar-refractivity contribution in [3.05, 3.63) is 24.0 Å². The molecule has 0 spiro atoms. The number of nitrogens with one attached hydrogen (secondary N) is 2. The summed E-state index contributed by atoms with van der Waals surface area (Å²) >= 11 is 0. The number of nitrogens with zero attached hydrogens (tertiary/aromatic N) is 2. The second-order valence-electron chi connectivity index (χ2n) is 6.58. The van der Waals surface area contributed by atoms with Crippen LogP contribution < -0.4 is 5.32 Å². The van der Waals surface area contributed by atoms with Crippen LogP contribution in [0.1, 0.15) is 55.8 Å². The number of pyridine rings is 1. The summed E-state index contributed by atoms with van der Waals surface area (Å²) in [6.07, 6.45) is 9.39. The third kappa shape index (κ3) is 3.93. The van der Waals surface area contributed by atoms with Gasteiger partial charge in [0.25, 0.3) is 0 Å². The molecule has 1 saturated carbocycles. The molecule has 0 aliphatic heterocycles. The van der Waals surface area contributed by atoms with E-state index in [4.69, 9.17) is 10.00 Å². The van der Waals surface area contributed by atoms with Crippen LogP contribution in [-0.2, 0) is 4.74 Å². The van der Waals surface area contributed by atoms with Gasteiger partial charge in [0.15, 0.2) is 0 Å². The van der Waals surface area contributed by atoms with E-state index in [0.29, 0.717) is 30.6 Å². The van der Waals surface area contributed by atoms with Gasteiger partial charge in [0.05, 0.1) is 18.4 Å². The average molecular weight is 340 g/mol. The second-order valence-corrected chi connectivity index (χ2v) is 6.58. The quantitative estimate of drug-likeness (QED) is 0.775. The fourth-order valence-corrected chi connectivity index (χ4v) is 3.68. The first-order valence-electron chi connectivity index (χ1n) is 8.99. The molecule has 0 aromatic carbocycles. The lowest BCUT2D eigenvalue weighted by Gasteiger charge is -2.30. The van der Waals surface area contributed by atoms with Gasteiger partial charge in [0, 0.05) is 30.2 Å². The zero-order valence-electron chi connectivity index (χ0n) is 14.5. The number of hydrogen-bond acceptors (Lipinski definition) is 5. The molecule has 132 valence electrons. The predicted molar refractivity (Wildman–Crippen MR) is 96.3 cm³/mol. The molecule has 0 unspecified atom stereocenters. The van der Waals surface area contributed by atoms with Crippen molar-refractivity contribution in [3.63, 3.8) is 0 Å². The SMILES string of the molecule is CCOC(=O)c1cnc2[nH]ccc2c1N[C@@H]1CCC[C@@H](CCC#N)C1. The standard InChI is InChI=1S/C19H24N4O2/c1-2-25-19(24)16-12-22-18-15(8-10-21-18)17(16)23-14-7-3-5-13(11-14)6-4-9-20/h8,10,12-14H,2-7,11H2,1H3,(H2,21,22,23)/t13-,14+/m0/s1. The first-order chi connectivity index (χ1) is 12.2. The Labute approximate surface area is 147 Å². The number of fused-ring (bicyclic) bond motifs is 1. The van der Waals surface area contributed by atoms with Crippen molar-refractivity contribution in [3.8, 4) is 6.07 Å². The van der Waals surface area contributed by atoms with Crippen molar-refractivity contribution in [2.75, 3.05) is 11.9 Å². The summed E-state index contributed by atoms with van der Waals surface area (Å²) in [4.78, 5) is 19.7. The lowest BCUT2D eigenvalue weighted by atomic mass is 9.83. The third-order valence-electron chi connectivity index (χ3n) is 4.88. The van der Waals surface area contributed by atoms with Gasteiger partial charge in [-0.05, 0) is 38.2 Å². The van der Waals surface area contributed by atoms with E-state index in [0.717, 1.165) is 42.4 Å². The molecule has 2 N–H and O–H groups in total. The molecule has 2 aromatic heterocycles. The molecule has 1 fully saturated rings. The minimum absolute atomic E-state index is 0.297. The fourth-order valence-electron chi connectivity index (χ4n) is 3.68. The highest BCUT2D eigenvalue weighted by atomic mass is 16.5. The Hall–Kier alpha value is -2.55. The number of carbonyl (C=O) groups is 1. The molecular formula is C19H24N4O2. The monoisotopic (exact) mass is 340 g/mol. The van der Waals surface area contributed by atoms with Crippen LogP contribution in [0.4, 0.5) is 5.69 Å². The Bertz CT molecular complexity index is 777. The van der Waals surface area contributed by atoms with Gasteiger partial charge in [-0.2, -0.15) is 5.26 Å². The van der Waals surface area contributed by atoms with Crippen LogP contribution >= 0.6 is 0 Å². The van der Waals surface area contributed by atoms with E-state index in [1.54, 1.807) is 13.1 Å². The number of aromatic amines is 1. The van der Waals surface area contributed by atoms with E-state index in [9.17, 15) is 4.79 Å². The number of nitriles is 1. The molecule has 0 saturated heterocycles. The zero-order valence-corrected chi connectivity index (χ0v) is 14.5. The van der Waals surface area contributed by atoms with E-state index < -0.39 is 0 Å². The van der Waals surface area contributed by atoms with E-state index in [-0.39, 0.29) is 5.97 Å². The molecular weight excluding hydrogens is 316 g/mol. The van der Waals surface area contributed by atoms with Crippen LogP contribution in [0.5, 0.6) is 0 Å². The highest BCUT2D eigenvalue weighted by Crippen LogP contribution is 2.33. The molecule has 1 aliphatic rings. The number of hydrogen-bond donors (Lipinski definition) is 2. The summed E-state index contributed by atoms with van der Waals surface area (Å²) in [5.74, 6) is 0.220. The Kier molecular flexibility index (Phi) is 5.54. The molecule has 3 rings (SSSR count). The number of carbonyl (C=O) groups excluding carboxylic acids is 1. The topological polar surface area (TPSA) is 90.8 Å². The minimum atomic E-state index is -0.350. The predicted octanol–water partition coefficient (Wildman–Crippen LogP) is 4.01. The molecule has 2 aromatic rings. The van der Waals surface area contributed by atoms with Gasteiger partial charge in [-0.25, -0.2) is 9.78 Å². The van der Waals surface area contributed by atoms with E-state index in [1.807, 2.05) is 12.3 Å². The van der Waals surface area contributed by atoms with Crippen LogP contribution in [0, 0.1) is 17.2 Å². The maximum absolute atomic E-state index is 12.3. The molecule has 0 amide bonds. The van der Waals surface area contributed by atoms with Crippen LogP contribution in [0.3, 0.4) is 0 Å². The average Bonchev–Trinajstić information content (AvgIpc) is 3.10. The molecule has 2 atom stereocenters. The van der Waals surface area contributed by atoms with E-state index >= 15 is 0 Å².